The van der Waals surface area contributed by atoms with E-state index >= 15 is 0 Å². The zero-order valence-electron chi connectivity index (χ0n) is 18.2. The van der Waals surface area contributed by atoms with Crippen LogP contribution in [0.4, 0.5) is 0 Å². The van der Waals surface area contributed by atoms with Crippen LogP contribution in [0.3, 0.4) is 0 Å². The lowest BCUT2D eigenvalue weighted by atomic mass is 9.88. The predicted molar refractivity (Wildman–Crippen MR) is 123 cm³/mol. The fraction of sp³-hybridized carbons (Fsp3) is 0.185. The first-order valence-electron chi connectivity index (χ1n) is 10.1. The molecular weight excluding hydrogens is 388 g/mol. The Bertz CT molecular complexity index is 1090. The van der Waals surface area contributed by atoms with E-state index in [0.29, 0.717) is 0 Å². The van der Waals surface area contributed by atoms with Crippen molar-refractivity contribution in [1.29, 1.82) is 0 Å². The first-order valence-corrected chi connectivity index (χ1v) is 10.1. The molecule has 0 fully saturated rings. The second kappa shape index (κ2) is 8.60. The lowest BCUT2D eigenvalue weighted by molar-refractivity contribution is 0.104. The van der Waals surface area contributed by atoms with E-state index in [1.54, 1.807) is 21.3 Å². The Labute approximate surface area is 183 Å². The average Bonchev–Trinajstić information content (AvgIpc) is 2.84. The molecule has 0 saturated heterocycles. The molecule has 1 aliphatic heterocycles. The molecule has 0 aliphatic carbocycles. The second-order valence-electron chi connectivity index (χ2n) is 7.50. The van der Waals surface area contributed by atoms with Crippen LogP contribution < -0.4 is 14.2 Å². The molecule has 0 bridgehead atoms. The maximum Gasteiger partial charge on any atom is 0.150 e. The van der Waals surface area contributed by atoms with Gasteiger partial charge in [0.05, 0.1) is 21.3 Å². The number of hydrogen-bond donors (Lipinski definition) is 0. The summed E-state index contributed by atoms with van der Waals surface area (Å²) in [7, 11) is 5.00. The van der Waals surface area contributed by atoms with E-state index in [0.717, 1.165) is 45.3 Å². The molecule has 4 nitrogen and oxygen atoms in total. The van der Waals surface area contributed by atoms with Gasteiger partial charge in [0.1, 0.15) is 23.0 Å². The number of allylic oxidation sites excluding steroid dienone is 2. The largest absolute Gasteiger partial charge is 0.497 e. The summed E-state index contributed by atoms with van der Waals surface area (Å²) in [4.78, 5) is 0. The zero-order chi connectivity index (χ0) is 21.8. The second-order valence-corrected chi connectivity index (χ2v) is 7.50. The van der Waals surface area contributed by atoms with Crippen LogP contribution in [-0.4, -0.2) is 21.3 Å². The molecule has 0 N–H and O–H groups in total. The molecular formula is C27H26O4. The predicted octanol–water partition coefficient (Wildman–Crippen LogP) is 6.08. The van der Waals surface area contributed by atoms with Gasteiger partial charge in [-0.15, -0.1) is 0 Å². The minimum absolute atomic E-state index is 0.647. The molecule has 0 saturated carbocycles. The summed E-state index contributed by atoms with van der Waals surface area (Å²) in [5.41, 5.74) is 3.55. The Morgan fingerprint density at radius 2 is 1.06 bits per heavy atom. The monoisotopic (exact) mass is 414 g/mol. The van der Waals surface area contributed by atoms with Crippen LogP contribution in [0.2, 0.25) is 0 Å². The molecule has 0 amide bonds. The summed E-state index contributed by atoms with van der Waals surface area (Å²) in [5, 5.41) is 0. The molecule has 4 rings (SSSR count). The van der Waals surface area contributed by atoms with Crippen molar-refractivity contribution in [2.45, 2.75) is 12.5 Å². The minimum atomic E-state index is -0.647. The highest BCUT2D eigenvalue weighted by molar-refractivity contribution is 5.84. The Morgan fingerprint density at radius 1 is 0.613 bits per heavy atom. The van der Waals surface area contributed by atoms with Crippen molar-refractivity contribution < 1.29 is 18.9 Å². The lowest BCUT2D eigenvalue weighted by Crippen LogP contribution is -2.25. The minimum Gasteiger partial charge on any atom is -0.497 e. The normalized spacial score (nSPS) is 17.8. The smallest absolute Gasteiger partial charge is 0.150 e. The molecule has 1 atom stereocenters. The van der Waals surface area contributed by atoms with E-state index in [9.17, 15) is 0 Å². The summed E-state index contributed by atoms with van der Waals surface area (Å²) < 4.78 is 22.5. The van der Waals surface area contributed by atoms with E-state index in [1.165, 1.54) is 0 Å². The summed E-state index contributed by atoms with van der Waals surface area (Å²) in [6.45, 7) is 2.08. The molecule has 3 aromatic rings. The van der Waals surface area contributed by atoms with Gasteiger partial charge in [0.25, 0.3) is 0 Å². The first-order chi connectivity index (χ1) is 15.0. The van der Waals surface area contributed by atoms with Crippen LogP contribution in [0.1, 0.15) is 23.6 Å². The summed E-state index contributed by atoms with van der Waals surface area (Å²) >= 11 is 0. The van der Waals surface area contributed by atoms with Gasteiger partial charge < -0.3 is 18.9 Å². The van der Waals surface area contributed by atoms with Gasteiger partial charge in [0.15, 0.2) is 5.60 Å². The van der Waals surface area contributed by atoms with Gasteiger partial charge in [-0.05, 0) is 84.3 Å². The molecule has 1 aliphatic rings. The van der Waals surface area contributed by atoms with Gasteiger partial charge in [-0.1, -0.05) is 24.3 Å². The Balaban J connectivity index is 1.79. The van der Waals surface area contributed by atoms with Crippen molar-refractivity contribution in [3.05, 3.63) is 102 Å². The van der Waals surface area contributed by atoms with Crippen molar-refractivity contribution in [2.24, 2.45) is 0 Å². The maximum atomic E-state index is 6.57. The average molecular weight is 415 g/mol. The van der Waals surface area contributed by atoms with Crippen molar-refractivity contribution in [1.82, 2.24) is 0 Å². The first kappa shape index (κ1) is 20.6. The quantitative estimate of drug-likeness (QED) is 0.490. The number of rotatable bonds is 6. The number of benzene rings is 3. The molecule has 0 radical (unpaired) electrons. The van der Waals surface area contributed by atoms with Gasteiger partial charge in [0.2, 0.25) is 0 Å². The highest BCUT2D eigenvalue weighted by Gasteiger charge is 2.32. The van der Waals surface area contributed by atoms with Crippen molar-refractivity contribution in [3.63, 3.8) is 0 Å². The van der Waals surface area contributed by atoms with Crippen LogP contribution >= 0.6 is 0 Å². The number of methoxy groups -OCH3 is 3. The third-order valence-electron chi connectivity index (χ3n) is 5.50. The fourth-order valence-corrected chi connectivity index (χ4v) is 3.68. The Kier molecular flexibility index (Phi) is 5.72. The summed E-state index contributed by atoms with van der Waals surface area (Å²) in [6.07, 6.45) is 4.23. The lowest BCUT2D eigenvalue weighted by Gasteiger charge is -2.34. The summed E-state index contributed by atoms with van der Waals surface area (Å²) in [6, 6.07) is 24.0. The van der Waals surface area contributed by atoms with Gasteiger partial charge in [-0.2, -0.15) is 0 Å². The van der Waals surface area contributed by atoms with Gasteiger partial charge in [-0.3, -0.25) is 0 Å². The van der Waals surface area contributed by atoms with Gasteiger partial charge >= 0.3 is 0 Å². The standard InChI is InChI=1S/C27H26O4/c1-27(22-9-15-25(30-4)16-10-22)18-21(19-5-11-23(28-2)12-6-19)17-26(31-27)20-7-13-24(29-3)14-8-20/h5-18H,1-4H3. The van der Waals surface area contributed by atoms with Crippen LogP contribution in [0, 0.1) is 0 Å². The third-order valence-corrected chi connectivity index (χ3v) is 5.50. The van der Waals surface area contributed by atoms with Crippen molar-refractivity contribution in [2.75, 3.05) is 21.3 Å². The molecule has 0 spiro atoms. The molecule has 0 aromatic heterocycles. The SMILES string of the molecule is COc1ccc(C2=CC(C)(c3ccc(OC)cc3)OC(c3ccc(OC)cc3)=C2)cc1. The van der Waals surface area contributed by atoms with Crippen LogP contribution in [-0.2, 0) is 10.3 Å². The van der Waals surface area contributed by atoms with Crippen LogP contribution in [0.5, 0.6) is 17.2 Å². The highest BCUT2D eigenvalue weighted by atomic mass is 16.5. The fourth-order valence-electron chi connectivity index (χ4n) is 3.68. The third kappa shape index (κ3) is 4.29. The number of hydrogen-bond acceptors (Lipinski definition) is 4. The molecule has 3 aromatic carbocycles. The topological polar surface area (TPSA) is 36.9 Å². The summed E-state index contributed by atoms with van der Waals surface area (Å²) in [5.74, 6) is 3.25. The van der Waals surface area contributed by atoms with Crippen LogP contribution in [0.15, 0.2) is 84.9 Å². The van der Waals surface area contributed by atoms with Gasteiger partial charge in [0, 0.05) is 5.56 Å². The molecule has 4 heteroatoms. The van der Waals surface area contributed by atoms with E-state index in [2.05, 4.69) is 31.2 Å². The zero-order valence-corrected chi connectivity index (χ0v) is 18.2. The van der Waals surface area contributed by atoms with Crippen molar-refractivity contribution >= 4 is 11.3 Å². The van der Waals surface area contributed by atoms with Crippen LogP contribution in [0.25, 0.3) is 11.3 Å². The van der Waals surface area contributed by atoms with Gasteiger partial charge in [-0.25, -0.2) is 0 Å². The molecule has 1 heterocycles. The van der Waals surface area contributed by atoms with E-state index in [1.807, 2.05) is 60.7 Å². The van der Waals surface area contributed by atoms with E-state index < -0.39 is 5.60 Å². The Morgan fingerprint density at radius 3 is 1.55 bits per heavy atom. The Hall–Kier alpha value is -3.66. The highest BCUT2D eigenvalue weighted by Crippen LogP contribution is 2.41. The van der Waals surface area contributed by atoms with E-state index in [4.69, 9.17) is 18.9 Å². The molecule has 31 heavy (non-hydrogen) atoms. The molecule has 158 valence electrons. The number of ether oxygens (including phenoxy) is 4. The van der Waals surface area contributed by atoms with Crippen molar-refractivity contribution in [3.8, 4) is 17.2 Å². The van der Waals surface area contributed by atoms with E-state index in [-0.39, 0.29) is 0 Å². The maximum absolute atomic E-state index is 6.57. The molecule has 1 unspecified atom stereocenters.